The number of azo groups is 1. The average Bonchev–Trinajstić information content (AvgIpc) is 1.78. The van der Waals surface area contributed by atoms with E-state index >= 15 is 0 Å². The van der Waals surface area contributed by atoms with Crippen molar-refractivity contribution in [3.63, 3.8) is 0 Å². The molecule has 0 saturated heterocycles. The molecule has 1 heterocycles. The minimum absolute atomic E-state index is 0.0451. The van der Waals surface area contributed by atoms with E-state index in [0.29, 0.717) is 0 Å². The van der Waals surface area contributed by atoms with E-state index in [1.807, 2.05) is 20.8 Å². The number of nitrogens with zero attached hydrogens (tertiary/aromatic N) is 2. The number of halogens is 1. The summed E-state index contributed by atoms with van der Waals surface area (Å²) in [7, 11) is 0. The van der Waals surface area contributed by atoms with Crippen molar-refractivity contribution >= 4 is 11.6 Å². The van der Waals surface area contributed by atoms with E-state index in [1.165, 1.54) is 0 Å². The summed E-state index contributed by atoms with van der Waals surface area (Å²) in [4.78, 5) is -0.441. The van der Waals surface area contributed by atoms with Crippen LogP contribution in [0.2, 0.25) is 0 Å². The highest BCUT2D eigenvalue weighted by Crippen LogP contribution is 2.36. The summed E-state index contributed by atoms with van der Waals surface area (Å²) in [6.45, 7) is 5.95. The van der Waals surface area contributed by atoms with Gasteiger partial charge in [-0.2, -0.15) is 10.2 Å². The number of hydrogen-bond donors (Lipinski definition) is 0. The van der Waals surface area contributed by atoms with Crippen LogP contribution >= 0.6 is 11.6 Å². The van der Waals surface area contributed by atoms with Gasteiger partial charge in [0.2, 0.25) is 0 Å². The summed E-state index contributed by atoms with van der Waals surface area (Å²) in [6.07, 6.45) is 0.835. The zero-order valence-electron chi connectivity index (χ0n) is 5.98. The molecular formula is C6H11ClN2. The predicted molar refractivity (Wildman–Crippen MR) is 37.8 cm³/mol. The molecule has 3 heteroatoms. The van der Waals surface area contributed by atoms with Gasteiger partial charge in [-0.3, -0.25) is 0 Å². The Morgan fingerprint density at radius 1 is 1.22 bits per heavy atom. The minimum atomic E-state index is -0.441. The molecule has 0 saturated carbocycles. The van der Waals surface area contributed by atoms with Gasteiger partial charge in [0.25, 0.3) is 0 Å². The molecular weight excluding hydrogens is 136 g/mol. The third-order valence-electron chi connectivity index (χ3n) is 1.28. The summed E-state index contributed by atoms with van der Waals surface area (Å²) in [5.41, 5.74) is -0.0451. The molecule has 0 aliphatic carbocycles. The van der Waals surface area contributed by atoms with Gasteiger partial charge in [-0.1, -0.05) is 11.6 Å². The lowest BCUT2D eigenvalue weighted by atomic mass is 9.99. The van der Waals surface area contributed by atoms with Gasteiger partial charge < -0.3 is 0 Å². The van der Waals surface area contributed by atoms with Crippen LogP contribution in [0.5, 0.6) is 0 Å². The molecule has 1 rings (SSSR count). The second-order valence-electron chi connectivity index (χ2n) is 3.33. The Morgan fingerprint density at radius 3 is 1.89 bits per heavy atom. The summed E-state index contributed by atoms with van der Waals surface area (Å²) >= 11 is 5.89. The molecule has 0 fully saturated rings. The Bertz CT molecular complexity index is 133. The van der Waals surface area contributed by atoms with E-state index < -0.39 is 5.00 Å². The molecule has 2 nitrogen and oxygen atoms in total. The Balaban J connectivity index is 2.71. The molecule has 52 valence electrons. The van der Waals surface area contributed by atoms with Gasteiger partial charge in [-0.05, 0) is 20.8 Å². The third kappa shape index (κ3) is 1.65. The largest absolute Gasteiger partial charge is 0.186 e. The van der Waals surface area contributed by atoms with Gasteiger partial charge in [0, 0.05) is 6.42 Å². The van der Waals surface area contributed by atoms with E-state index in [-0.39, 0.29) is 5.54 Å². The van der Waals surface area contributed by atoms with Crippen molar-refractivity contribution in [3.05, 3.63) is 0 Å². The Labute approximate surface area is 60.3 Å². The Kier molecular flexibility index (Phi) is 1.31. The molecule has 0 aromatic carbocycles. The van der Waals surface area contributed by atoms with Crippen LogP contribution in [0.15, 0.2) is 10.2 Å². The van der Waals surface area contributed by atoms with Crippen molar-refractivity contribution in [1.82, 2.24) is 0 Å². The third-order valence-corrected chi connectivity index (χ3v) is 1.49. The lowest BCUT2D eigenvalue weighted by molar-refractivity contribution is 0.487. The fourth-order valence-electron chi connectivity index (χ4n) is 1.10. The number of hydrogen-bond acceptors (Lipinski definition) is 2. The maximum atomic E-state index is 5.89. The Hall–Kier alpha value is -0.110. The highest BCUT2D eigenvalue weighted by molar-refractivity contribution is 6.23. The average molecular weight is 147 g/mol. The normalized spacial score (nSPS) is 39.6. The molecule has 0 radical (unpaired) electrons. The SMILES string of the molecule is CC1(C)CC(C)(Cl)N=N1. The molecule has 1 aliphatic heterocycles. The van der Waals surface area contributed by atoms with Crippen LogP contribution in [-0.4, -0.2) is 10.5 Å². The molecule has 1 aliphatic rings. The molecule has 0 aromatic rings. The van der Waals surface area contributed by atoms with Crippen molar-refractivity contribution in [2.45, 2.75) is 37.7 Å². The van der Waals surface area contributed by atoms with Gasteiger partial charge in [0.1, 0.15) is 0 Å². The smallest absolute Gasteiger partial charge is 0.154 e. The summed E-state index contributed by atoms with van der Waals surface area (Å²) in [6, 6.07) is 0. The fourth-order valence-corrected chi connectivity index (χ4v) is 1.46. The first-order chi connectivity index (χ1) is 3.91. The monoisotopic (exact) mass is 146 g/mol. The van der Waals surface area contributed by atoms with Crippen molar-refractivity contribution in [1.29, 1.82) is 0 Å². The van der Waals surface area contributed by atoms with Crippen molar-refractivity contribution in [2.24, 2.45) is 10.2 Å². The lowest BCUT2D eigenvalue weighted by Crippen LogP contribution is -2.20. The summed E-state index contributed by atoms with van der Waals surface area (Å²) in [5, 5.41) is 7.93. The fraction of sp³-hybridized carbons (Fsp3) is 1.00. The second-order valence-corrected chi connectivity index (χ2v) is 4.15. The molecule has 0 spiro atoms. The van der Waals surface area contributed by atoms with Gasteiger partial charge >= 0.3 is 0 Å². The molecule has 0 amide bonds. The van der Waals surface area contributed by atoms with Crippen LogP contribution in [0, 0.1) is 0 Å². The molecule has 9 heavy (non-hydrogen) atoms. The van der Waals surface area contributed by atoms with Gasteiger partial charge in [0.05, 0.1) is 5.54 Å². The van der Waals surface area contributed by atoms with Crippen molar-refractivity contribution < 1.29 is 0 Å². The first-order valence-corrected chi connectivity index (χ1v) is 3.42. The van der Waals surface area contributed by atoms with Crippen LogP contribution in [0.1, 0.15) is 27.2 Å². The standard InChI is InChI=1S/C6H11ClN2/c1-5(2)4-6(3,7)9-8-5/h4H2,1-3H3. The zero-order valence-corrected chi connectivity index (χ0v) is 6.74. The van der Waals surface area contributed by atoms with Crippen LogP contribution in [0.25, 0.3) is 0 Å². The van der Waals surface area contributed by atoms with E-state index in [1.54, 1.807) is 0 Å². The maximum Gasteiger partial charge on any atom is 0.154 e. The van der Waals surface area contributed by atoms with Crippen LogP contribution in [-0.2, 0) is 0 Å². The summed E-state index contributed by atoms with van der Waals surface area (Å²) < 4.78 is 0. The Morgan fingerprint density at radius 2 is 1.78 bits per heavy atom. The first-order valence-electron chi connectivity index (χ1n) is 3.04. The van der Waals surface area contributed by atoms with E-state index in [2.05, 4.69) is 10.2 Å². The van der Waals surface area contributed by atoms with Crippen LogP contribution in [0.4, 0.5) is 0 Å². The van der Waals surface area contributed by atoms with Crippen LogP contribution < -0.4 is 0 Å². The quantitative estimate of drug-likeness (QED) is 0.371. The molecule has 1 atom stereocenters. The lowest BCUT2D eigenvalue weighted by Gasteiger charge is -2.14. The highest BCUT2D eigenvalue weighted by Gasteiger charge is 2.36. The first kappa shape index (κ1) is 7.00. The molecule has 1 unspecified atom stereocenters. The van der Waals surface area contributed by atoms with E-state index in [0.717, 1.165) is 6.42 Å². The van der Waals surface area contributed by atoms with Crippen molar-refractivity contribution in [3.8, 4) is 0 Å². The van der Waals surface area contributed by atoms with Gasteiger partial charge in [-0.25, -0.2) is 0 Å². The zero-order chi connectivity index (χ0) is 7.12. The maximum absolute atomic E-state index is 5.89. The van der Waals surface area contributed by atoms with E-state index in [4.69, 9.17) is 11.6 Å². The van der Waals surface area contributed by atoms with Crippen LogP contribution in [0.3, 0.4) is 0 Å². The second kappa shape index (κ2) is 1.69. The number of rotatable bonds is 0. The van der Waals surface area contributed by atoms with Gasteiger partial charge in [-0.15, -0.1) is 0 Å². The molecule has 0 bridgehead atoms. The summed E-state index contributed by atoms with van der Waals surface area (Å²) in [5.74, 6) is 0. The van der Waals surface area contributed by atoms with E-state index in [9.17, 15) is 0 Å². The molecule has 0 N–H and O–H groups in total. The van der Waals surface area contributed by atoms with Gasteiger partial charge in [0.15, 0.2) is 5.00 Å². The van der Waals surface area contributed by atoms with Crippen molar-refractivity contribution in [2.75, 3.05) is 0 Å². The predicted octanol–water partition coefficient (Wildman–Crippen LogP) is 2.58. The number of alkyl halides is 1. The highest BCUT2D eigenvalue weighted by atomic mass is 35.5. The minimum Gasteiger partial charge on any atom is -0.186 e. The topological polar surface area (TPSA) is 24.7 Å². The molecule has 0 aromatic heterocycles.